The van der Waals surface area contributed by atoms with Crippen LogP contribution in [0.2, 0.25) is 0 Å². The summed E-state index contributed by atoms with van der Waals surface area (Å²) >= 11 is 0. The lowest BCUT2D eigenvalue weighted by atomic mass is 10.6. The first-order valence-electron chi connectivity index (χ1n) is 2.25. The van der Waals surface area contributed by atoms with E-state index in [0.717, 1.165) is 0 Å². The molecule has 4 N–H and O–H groups in total. The molecule has 0 saturated heterocycles. The largest absolute Gasteiger partial charge is 0.388 e. The maximum atomic E-state index is 9.45. The molecule has 0 fully saturated rings. The Bertz CT molecular complexity index is 132. The number of aliphatic hydroxyl groups excluding tert-OH is 1. The minimum absolute atomic E-state index is 0.604. The van der Waals surface area contributed by atoms with E-state index in [1.807, 2.05) is 0 Å². The molecule has 1 unspecified atom stereocenters. The topological polar surface area (TPSA) is 153 Å². The molecule has 0 saturated carbocycles. The zero-order valence-electron chi connectivity index (χ0n) is 5.28. The second-order valence-electron chi connectivity index (χ2n) is 1.27. The summed E-state index contributed by atoms with van der Waals surface area (Å²) < 4.78 is 0. The molecule has 11 heavy (non-hydrogen) atoms. The van der Waals surface area contributed by atoms with Gasteiger partial charge in [-0.3, -0.25) is 15.8 Å². The van der Waals surface area contributed by atoms with Crippen molar-refractivity contribution in [2.24, 2.45) is 5.73 Å². The van der Waals surface area contributed by atoms with E-state index in [-0.39, 0.29) is 0 Å². The van der Waals surface area contributed by atoms with Crippen molar-refractivity contribution < 1.29 is 20.3 Å². The summed E-state index contributed by atoms with van der Waals surface area (Å²) in [7, 11) is 0. The molecule has 0 aromatic heterocycles. The van der Waals surface area contributed by atoms with E-state index in [1.165, 1.54) is 0 Å². The molecular weight excluding hydrogens is 162 g/mol. The van der Waals surface area contributed by atoms with Gasteiger partial charge in [0.15, 0.2) is 0 Å². The fourth-order valence-electron chi connectivity index (χ4n) is 0.0667. The summed E-state index contributed by atoms with van der Waals surface area (Å²) in [5.41, 5.74) is 4.67. The van der Waals surface area contributed by atoms with Crippen LogP contribution in [-0.4, -0.2) is 33.1 Å². The summed E-state index contributed by atoms with van der Waals surface area (Å²) in [6.45, 7) is -0.604. The zero-order valence-corrected chi connectivity index (χ0v) is 5.28. The van der Waals surface area contributed by atoms with Gasteiger partial charge in [-0.2, -0.15) is 0 Å². The second kappa shape index (κ2) is 6.64. The van der Waals surface area contributed by atoms with Gasteiger partial charge in [-0.15, -0.1) is 10.1 Å². The fourth-order valence-corrected chi connectivity index (χ4v) is 0.0667. The Labute approximate surface area is 60.3 Å². The van der Waals surface area contributed by atoms with E-state index < -0.39 is 22.8 Å². The lowest BCUT2D eigenvalue weighted by Crippen LogP contribution is -2.32. The highest BCUT2D eigenvalue weighted by molar-refractivity contribution is 4.36. The smallest absolute Gasteiger partial charge is 0.291 e. The van der Waals surface area contributed by atoms with Crippen LogP contribution >= 0.6 is 0 Å². The summed E-state index contributed by atoms with van der Waals surface area (Å²) in [5.74, 6) is 0. The van der Waals surface area contributed by atoms with Crippen molar-refractivity contribution in [3.63, 3.8) is 0 Å². The molecule has 0 aromatic rings. The quantitative estimate of drug-likeness (QED) is 0.250. The lowest BCUT2D eigenvalue weighted by molar-refractivity contribution is -0.742. The highest BCUT2D eigenvalue weighted by Gasteiger charge is 2.08. The van der Waals surface area contributed by atoms with Gasteiger partial charge in [0.05, 0.1) is 0 Å². The maximum absolute atomic E-state index is 9.45. The molecule has 9 nitrogen and oxygen atoms in total. The number of aliphatic hydroxyl groups is 1. The fraction of sp³-hybridized carbons (Fsp3) is 1.00. The van der Waals surface area contributed by atoms with Crippen LogP contribution in [0.4, 0.5) is 0 Å². The second-order valence-corrected chi connectivity index (χ2v) is 1.27. The Morgan fingerprint density at radius 3 is 1.73 bits per heavy atom. The molecule has 0 rings (SSSR count). The van der Waals surface area contributed by atoms with E-state index in [2.05, 4.69) is 5.73 Å². The minimum atomic E-state index is -1.50. The molecule has 0 spiro atoms. The van der Waals surface area contributed by atoms with Crippen molar-refractivity contribution in [2.45, 2.75) is 6.17 Å². The first-order chi connectivity index (χ1) is 4.91. The highest BCUT2D eigenvalue weighted by atomic mass is 16.9. The van der Waals surface area contributed by atoms with E-state index in [1.54, 1.807) is 0 Å². The third-order valence-electron chi connectivity index (χ3n) is 0.458. The summed E-state index contributed by atoms with van der Waals surface area (Å²) in [6.07, 6.45) is -1.32. The van der Waals surface area contributed by atoms with E-state index in [9.17, 15) is 10.1 Å². The number of nitrogens with zero attached hydrogens (tertiary/aromatic N) is 2. The van der Waals surface area contributed by atoms with E-state index in [4.69, 9.17) is 20.4 Å². The van der Waals surface area contributed by atoms with Crippen molar-refractivity contribution >= 4 is 0 Å². The molecule has 66 valence electrons. The Balaban J connectivity index is 0. The van der Waals surface area contributed by atoms with Crippen LogP contribution in [0.3, 0.4) is 0 Å². The third kappa shape index (κ3) is 17.7. The standard InChI is InChI=1S/C2H6N2O3.HNO3/c3-2(1-5)4(6)7;2-1(3)4/h2,5H,1,3H2;(H,2,3,4). The average Bonchev–Trinajstić information content (AvgIpc) is 1.85. The van der Waals surface area contributed by atoms with Crippen molar-refractivity contribution in [3.8, 4) is 0 Å². The van der Waals surface area contributed by atoms with Gasteiger partial charge in [-0.1, -0.05) is 0 Å². The number of nitro groups is 1. The molecule has 9 heteroatoms. The molecule has 0 radical (unpaired) electrons. The molecule has 1 atom stereocenters. The Morgan fingerprint density at radius 1 is 1.45 bits per heavy atom. The highest BCUT2D eigenvalue weighted by Crippen LogP contribution is 1.72. The Morgan fingerprint density at radius 2 is 1.73 bits per heavy atom. The van der Waals surface area contributed by atoms with Crippen LogP contribution in [0, 0.1) is 20.2 Å². The molecule has 0 aliphatic carbocycles. The average molecular weight is 169 g/mol. The van der Waals surface area contributed by atoms with Gasteiger partial charge in [-0.05, 0) is 0 Å². The first-order valence-corrected chi connectivity index (χ1v) is 2.25. The van der Waals surface area contributed by atoms with E-state index in [0.29, 0.717) is 0 Å². The predicted octanol–water partition coefficient (Wildman–Crippen LogP) is -1.81. The van der Waals surface area contributed by atoms with Gasteiger partial charge in [-0.25, -0.2) is 0 Å². The minimum Gasteiger partial charge on any atom is -0.388 e. The molecule has 0 aliphatic heterocycles. The third-order valence-corrected chi connectivity index (χ3v) is 0.458. The monoisotopic (exact) mass is 169 g/mol. The molecule has 0 bridgehead atoms. The molecule has 0 aliphatic rings. The SMILES string of the molecule is NC(CO)[N+](=O)[O-].O=[N+]([O-])O. The van der Waals surface area contributed by atoms with Crippen LogP contribution in [0.5, 0.6) is 0 Å². The Hall–Kier alpha value is -1.48. The van der Waals surface area contributed by atoms with Crippen LogP contribution in [0.15, 0.2) is 0 Å². The Kier molecular flexibility index (Phi) is 7.37. The van der Waals surface area contributed by atoms with Gasteiger partial charge in [0, 0.05) is 4.92 Å². The number of hydrogen-bond donors (Lipinski definition) is 3. The number of nitrogens with two attached hydrogens (primary N) is 1. The van der Waals surface area contributed by atoms with Crippen molar-refractivity contribution in [2.75, 3.05) is 6.61 Å². The normalized spacial score (nSPS) is 10.7. The van der Waals surface area contributed by atoms with Gasteiger partial charge in [0.1, 0.15) is 6.61 Å². The summed E-state index contributed by atoms with van der Waals surface area (Å²) in [6, 6.07) is 0. The maximum Gasteiger partial charge on any atom is 0.291 e. The zero-order chi connectivity index (χ0) is 9.44. The van der Waals surface area contributed by atoms with Crippen LogP contribution < -0.4 is 5.73 Å². The van der Waals surface area contributed by atoms with Gasteiger partial charge >= 0.3 is 0 Å². The number of rotatable bonds is 2. The first kappa shape index (κ1) is 12.2. The molecule has 0 amide bonds. The van der Waals surface area contributed by atoms with Crippen molar-refractivity contribution in [1.82, 2.24) is 0 Å². The predicted molar refractivity (Wildman–Crippen MR) is 30.8 cm³/mol. The van der Waals surface area contributed by atoms with Crippen LogP contribution in [0.1, 0.15) is 0 Å². The molecule has 0 heterocycles. The molecule has 0 aromatic carbocycles. The number of hydrogen-bond acceptors (Lipinski definition) is 6. The molecular formula is C2H7N3O6. The van der Waals surface area contributed by atoms with Gasteiger partial charge in [0.2, 0.25) is 0 Å². The van der Waals surface area contributed by atoms with Crippen LogP contribution in [-0.2, 0) is 0 Å². The van der Waals surface area contributed by atoms with Crippen molar-refractivity contribution in [1.29, 1.82) is 0 Å². The summed E-state index contributed by atoms with van der Waals surface area (Å²) in [4.78, 5) is 17.1. The lowest BCUT2D eigenvalue weighted by Gasteiger charge is -1.94. The van der Waals surface area contributed by atoms with Crippen LogP contribution in [0.25, 0.3) is 0 Å². The summed E-state index contributed by atoms with van der Waals surface area (Å²) in [5, 5.41) is 31.0. The van der Waals surface area contributed by atoms with Gasteiger partial charge in [0.25, 0.3) is 11.3 Å². The van der Waals surface area contributed by atoms with E-state index >= 15 is 0 Å². The van der Waals surface area contributed by atoms with Crippen molar-refractivity contribution in [3.05, 3.63) is 20.2 Å². The van der Waals surface area contributed by atoms with Gasteiger partial charge < -0.3 is 10.3 Å².